The molecule has 0 saturated heterocycles. The minimum Gasteiger partial charge on any atom is -0.0622 e. The molecule has 0 amide bonds. The van der Waals surface area contributed by atoms with E-state index in [1.807, 2.05) is 0 Å². The van der Waals surface area contributed by atoms with Crippen LogP contribution in [-0.2, 0) is 0 Å². The maximum absolute atomic E-state index is 2.31. The van der Waals surface area contributed by atoms with Gasteiger partial charge in [-0.05, 0) is 80.8 Å². The van der Waals surface area contributed by atoms with Crippen LogP contribution in [0, 0.1) is 6.92 Å². The molecule has 0 N–H and O–H groups in total. The van der Waals surface area contributed by atoms with Crippen molar-refractivity contribution >= 4 is 0 Å². The van der Waals surface area contributed by atoms with Crippen molar-refractivity contribution in [1.29, 1.82) is 0 Å². The van der Waals surface area contributed by atoms with Gasteiger partial charge in [0.15, 0.2) is 0 Å². The summed E-state index contributed by atoms with van der Waals surface area (Å²) < 4.78 is 0. The highest BCUT2D eigenvalue weighted by Gasteiger charge is 2.09. The molecule has 0 spiro atoms. The van der Waals surface area contributed by atoms with Gasteiger partial charge in [0.05, 0.1) is 0 Å². The van der Waals surface area contributed by atoms with E-state index in [9.17, 15) is 0 Å². The molecule has 0 fully saturated rings. The second-order valence-corrected chi connectivity index (χ2v) is 9.55. The first-order valence-electron chi connectivity index (χ1n) is 12.8. The van der Waals surface area contributed by atoms with Crippen LogP contribution in [0.1, 0.15) is 5.56 Å². The van der Waals surface area contributed by atoms with Crippen molar-refractivity contribution in [3.63, 3.8) is 0 Å². The summed E-state index contributed by atoms with van der Waals surface area (Å²) in [5.41, 5.74) is 13.6. The second kappa shape index (κ2) is 10.1. The van der Waals surface area contributed by atoms with Gasteiger partial charge in [-0.25, -0.2) is 0 Å². The van der Waals surface area contributed by atoms with E-state index in [1.54, 1.807) is 0 Å². The molecule has 0 aromatic heterocycles. The highest BCUT2D eigenvalue weighted by Crippen LogP contribution is 2.34. The molecular formula is C37H28. The molecule has 6 aromatic rings. The van der Waals surface area contributed by atoms with Crippen LogP contribution in [0.25, 0.3) is 55.6 Å². The Morgan fingerprint density at radius 2 is 0.486 bits per heavy atom. The molecule has 6 rings (SSSR count). The molecule has 0 unspecified atom stereocenters. The maximum atomic E-state index is 2.31. The fourth-order valence-electron chi connectivity index (χ4n) is 4.85. The van der Waals surface area contributed by atoms with E-state index in [-0.39, 0.29) is 0 Å². The predicted octanol–water partition coefficient (Wildman–Crippen LogP) is 10.3. The van der Waals surface area contributed by atoms with Gasteiger partial charge in [0.25, 0.3) is 0 Å². The van der Waals surface area contributed by atoms with Crippen molar-refractivity contribution in [1.82, 2.24) is 0 Å². The Hall–Kier alpha value is -4.68. The van der Waals surface area contributed by atoms with Crippen molar-refractivity contribution in [2.24, 2.45) is 0 Å². The van der Waals surface area contributed by atoms with Gasteiger partial charge in [-0.2, -0.15) is 0 Å². The van der Waals surface area contributed by atoms with Crippen molar-refractivity contribution in [2.45, 2.75) is 6.92 Å². The third kappa shape index (κ3) is 5.01. The molecular weight excluding hydrogens is 444 g/mol. The SMILES string of the molecule is Cc1ccc(-c2cc(-c3ccc(-c4ccccc4)cc3)cc(-c3ccc(-c4ccccc4)cc3)c2)cc1. The molecule has 0 heteroatoms. The molecule has 176 valence electrons. The lowest BCUT2D eigenvalue weighted by molar-refractivity contribution is 1.47. The highest BCUT2D eigenvalue weighted by atomic mass is 14.1. The highest BCUT2D eigenvalue weighted by molar-refractivity contribution is 5.82. The third-order valence-corrected chi connectivity index (χ3v) is 6.97. The van der Waals surface area contributed by atoms with Crippen LogP contribution in [0.5, 0.6) is 0 Å². The minimum atomic E-state index is 1.22. The Bertz CT molecular complexity index is 1510. The van der Waals surface area contributed by atoms with Crippen LogP contribution in [0.2, 0.25) is 0 Å². The van der Waals surface area contributed by atoms with E-state index in [2.05, 4.69) is 159 Å². The van der Waals surface area contributed by atoms with Gasteiger partial charge in [-0.3, -0.25) is 0 Å². The summed E-state index contributed by atoms with van der Waals surface area (Å²) in [5.74, 6) is 0. The zero-order valence-corrected chi connectivity index (χ0v) is 20.9. The van der Waals surface area contributed by atoms with Gasteiger partial charge in [0, 0.05) is 0 Å². The minimum absolute atomic E-state index is 1.22. The van der Waals surface area contributed by atoms with Crippen LogP contribution in [0.3, 0.4) is 0 Å². The van der Waals surface area contributed by atoms with E-state index in [0.717, 1.165) is 0 Å². The van der Waals surface area contributed by atoms with Crippen LogP contribution < -0.4 is 0 Å². The third-order valence-electron chi connectivity index (χ3n) is 6.97. The van der Waals surface area contributed by atoms with Crippen LogP contribution >= 0.6 is 0 Å². The summed E-state index contributed by atoms with van der Waals surface area (Å²) >= 11 is 0. The van der Waals surface area contributed by atoms with Crippen molar-refractivity contribution in [3.8, 4) is 55.6 Å². The summed E-state index contributed by atoms with van der Waals surface area (Å²) in [5, 5.41) is 0. The van der Waals surface area contributed by atoms with Crippen LogP contribution in [0.15, 0.2) is 152 Å². The smallest absolute Gasteiger partial charge is 0.0172 e. The Balaban J connectivity index is 1.42. The molecule has 0 bridgehead atoms. The summed E-state index contributed by atoms with van der Waals surface area (Å²) in [6.45, 7) is 2.13. The Labute approximate surface area is 219 Å². The van der Waals surface area contributed by atoms with E-state index in [1.165, 1.54) is 61.2 Å². The fourth-order valence-corrected chi connectivity index (χ4v) is 4.85. The molecule has 0 saturated carbocycles. The monoisotopic (exact) mass is 472 g/mol. The zero-order chi connectivity index (χ0) is 25.0. The topological polar surface area (TPSA) is 0 Å². The van der Waals surface area contributed by atoms with Gasteiger partial charge in [0.2, 0.25) is 0 Å². The summed E-state index contributed by atoms with van der Waals surface area (Å²) in [6, 6.07) is 54.6. The van der Waals surface area contributed by atoms with Crippen molar-refractivity contribution < 1.29 is 0 Å². The molecule has 0 aliphatic heterocycles. The van der Waals surface area contributed by atoms with E-state index >= 15 is 0 Å². The lowest BCUT2D eigenvalue weighted by Crippen LogP contribution is -1.87. The normalized spacial score (nSPS) is 10.8. The van der Waals surface area contributed by atoms with E-state index in [4.69, 9.17) is 0 Å². The van der Waals surface area contributed by atoms with E-state index < -0.39 is 0 Å². The van der Waals surface area contributed by atoms with Gasteiger partial charge >= 0.3 is 0 Å². The summed E-state index contributed by atoms with van der Waals surface area (Å²) in [6.07, 6.45) is 0. The Kier molecular flexibility index (Phi) is 6.23. The van der Waals surface area contributed by atoms with E-state index in [0.29, 0.717) is 0 Å². The molecule has 37 heavy (non-hydrogen) atoms. The number of hydrogen-bond donors (Lipinski definition) is 0. The molecule has 0 radical (unpaired) electrons. The molecule has 0 atom stereocenters. The Morgan fingerprint density at radius 1 is 0.243 bits per heavy atom. The molecule has 6 aromatic carbocycles. The molecule has 0 aliphatic rings. The zero-order valence-electron chi connectivity index (χ0n) is 20.9. The van der Waals surface area contributed by atoms with Gasteiger partial charge in [-0.15, -0.1) is 0 Å². The first kappa shape index (κ1) is 22.8. The molecule has 0 heterocycles. The van der Waals surface area contributed by atoms with Gasteiger partial charge in [0.1, 0.15) is 0 Å². The van der Waals surface area contributed by atoms with Crippen LogP contribution in [0.4, 0.5) is 0 Å². The predicted molar refractivity (Wildman–Crippen MR) is 158 cm³/mol. The average molecular weight is 473 g/mol. The van der Waals surface area contributed by atoms with Crippen LogP contribution in [-0.4, -0.2) is 0 Å². The Morgan fingerprint density at radius 3 is 0.811 bits per heavy atom. The summed E-state index contributed by atoms with van der Waals surface area (Å²) in [7, 11) is 0. The average Bonchev–Trinajstić information content (AvgIpc) is 2.98. The number of rotatable bonds is 5. The second-order valence-electron chi connectivity index (χ2n) is 9.55. The lowest BCUT2D eigenvalue weighted by atomic mass is 9.92. The number of benzene rings is 6. The first-order valence-corrected chi connectivity index (χ1v) is 12.8. The first-order chi connectivity index (χ1) is 18.2. The lowest BCUT2D eigenvalue weighted by Gasteiger charge is -2.13. The number of hydrogen-bond acceptors (Lipinski definition) is 0. The van der Waals surface area contributed by atoms with Gasteiger partial charge < -0.3 is 0 Å². The quantitative estimate of drug-likeness (QED) is 0.234. The van der Waals surface area contributed by atoms with Crippen molar-refractivity contribution in [2.75, 3.05) is 0 Å². The standard InChI is InChI=1S/C37H28/c1-27-12-14-32(15-13-27)35-24-36(33-20-16-30(17-21-33)28-8-4-2-5-9-28)26-37(25-35)34-22-18-31(19-23-34)29-10-6-3-7-11-29/h2-26H,1H3. The maximum Gasteiger partial charge on any atom is -0.0172 e. The fraction of sp³-hybridized carbons (Fsp3) is 0.0270. The summed E-state index contributed by atoms with van der Waals surface area (Å²) in [4.78, 5) is 0. The number of aryl methyl sites for hydroxylation is 1. The largest absolute Gasteiger partial charge is 0.0622 e. The van der Waals surface area contributed by atoms with Crippen molar-refractivity contribution in [3.05, 3.63) is 157 Å². The van der Waals surface area contributed by atoms with Gasteiger partial charge in [-0.1, -0.05) is 139 Å². The molecule has 0 nitrogen and oxygen atoms in total. The molecule has 0 aliphatic carbocycles.